The van der Waals surface area contributed by atoms with Crippen molar-refractivity contribution in [3.05, 3.63) is 27.7 Å². The van der Waals surface area contributed by atoms with Gasteiger partial charge >= 0.3 is 6.18 Å². The Labute approximate surface area is 111 Å². The minimum absolute atomic E-state index is 0.0459. The van der Waals surface area contributed by atoms with Gasteiger partial charge in [-0.3, -0.25) is 4.79 Å². The predicted molar refractivity (Wildman–Crippen MR) is 63.9 cm³/mol. The van der Waals surface area contributed by atoms with Crippen LogP contribution in [0.1, 0.15) is 16.8 Å². The Morgan fingerprint density at radius 2 is 1.94 bits per heavy atom. The topological polar surface area (TPSA) is 55.1 Å². The second-order valence-electron chi connectivity index (χ2n) is 3.49. The summed E-state index contributed by atoms with van der Waals surface area (Å²) in [6.45, 7) is -0.537. The molecule has 0 unspecified atom stereocenters. The summed E-state index contributed by atoms with van der Waals surface area (Å²) in [5.74, 6) is -0.751. The number of rotatable bonds is 3. The van der Waals surface area contributed by atoms with Gasteiger partial charge in [-0.1, -0.05) is 23.2 Å². The van der Waals surface area contributed by atoms with Gasteiger partial charge < -0.3 is 11.1 Å². The Morgan fingerprint density at radius 3 is 2.50 bits per heavy atom. The summed E-state index contributed by atoms with van der Waals surface area (Å²) in [6.07, 6.45) is -5.45. The molecule has 0 fully saturated rings. The van der Waals surface area contributed by atoms with Crippen LogP contribution >= 0.6 is 23.2 Å². The van der Waals surface area contributed by atoms with E-state index in [4.69, 9.17) is 28.9 Å². The van der Waals surface area contributed by atoms with Gasteiger partial charge in [0, 0.05) is 12.2 Å². The number of nitrogen functional groups attached to an aromatic ring is 1. The van der Waals surface area contributed by atoms with Crippen LogP contribution in [-0.2, 0) is 0 Å². The molecule has 0 aromatic heterocycles. The van der Waals surface area contributed by atoms with Gasteiger partial charge in [-0.2, -0.15) is 13.2 Å². The fourth-order valence-corrected chi connectivity index (χ4v) is 1.61. The molecular formula is C10H9Cl2F3N2O. The van der Waals surface area contributed by atoms with Gasteiger partial charge in [0.25, 0.3) is 5.91 Å². The molecule has 0 heterocycles. The van der Waals surface area contributed by atoms with Gasteiger partial charge in [0.15, 0.2) is 0 Å². The summed E-state index contributed by atoms with van der Waals surface area (Å²) in [7, 11) is 0. The fraction of sp³-hybridized carbons (Fsp3) is 0.300. The van der Waals surface area contributed by atoms with E-state index < -0.39 is 25.0 Å². The Hall–Kier alpha value is -1.14. The van der Waals surface area contributed by atoms with Crippen LogP contribution < -0.4 is 11.1 Å². The Balaban J connectivity index is 2.73. The monoisotopic (exact) mass is 300 g/mol. The summed E-state index contributed by atoms with van der Waals surface area (Å²) in [5.41, 5.74) is 5.61. The summed E-state index contributed by atoms with van der Waals surface area (Å²) in [6, 6.07) is 2.59. The zero-order valence-electron chi connectivity index (χ0n) is 8.94. The van der Waals surface area contributed by atoms with E-state index in [2.05, 4.69) is 5.32 Å². The number of carbonyl (C=O) groups is 1. The largest absolute Gasteiger partial charge is 0.399 e. The lowest BCUT2D eigenvalue weighted by Crippen LogP contribution is -2.28. The number of carbonyl (C=O) groups excluding carboxylic acids is 1. The van der Waals surface area contributed by atoms with Crippen molar-refractivity contribution in [2.24, 2.45) is 0 Å². The standard InChI is InChI=1S/C10H9Cl2F3N2O/c11-7-4-5(16)3-6(8(7)12)9(18)17-2-1-10(13,14)15/h3-4H,1-2,16H2,(H,17,18). The van der Waals surface area contributed by atoms with E-state index in [1.54, 1.807) is 0 Å². The number of amides is 1. The van der Waals surface area contributed by atoms with Gasteiger partial charge in [0.1, 0.15) is 0 Å². The molecule has 0 radical (unpaired) electrons. The second kappa shape index (κ2) is 5.67. The fourth-order valence-electron chi connectivity index (χ4n) is 1.19. The first-order valence-electron chi connectivity index (χ1n) is 4.80. The van der Waals surface area contributed by atoms with Crippen molar-refractivity contribution >= 4 is 34.8 Å². The Kier molecular flexibility index (Phi) is 4.70. The number of hydrogen-bond acceptors (Lipinski definition) is 2. The average molecular weight is 301 g/mol. The molecular weight excluding hydrogens is 292 g/mol. The Morgan fingerprint density at radius 1 is 1.33 bits per heavy atom. The maximum atomic E-state index is 11.9. The van der Waals surface area contributed by atoms with Crippen LogP contribution in [-0.4, -0.2) is 18.6 Å². The second-order valence-corrected chi connectivity index (χ2v) is 4.27. The highest BCUT2D eigenvalue weighted by molar-refractivity contribution is 6.44. The van der Waals surface area contributed by atoms with Crippen LogP contribution in [0.3, 0.4) is 0 Å². The molecule has 1 amide bonds. The highest BCUT2D eigenvalue weighted by Crippen LogP contribution is 2.28. The molecule has 1 rings (SSSR count). The molecule has 3 nitrogen and oxygen atoms in total. The molecule has 0 saturated carbocycles. The van der Waals surface area contributed by atoms with E-state index in [9.17, 15) is 18.0 Å². The molecule has 1 aromatic carbocycles. The molecule has 0 bridgehead atoms. The molecule has 100 valence electrons. The average Bonchev–Trinajstić information content (AvgIpc) is 2.21. The lowest BCUT2D eigenvalue weighted by atomic mass is 10.2. The minimum atomic E-state index is -4.33. The molecule has 1 aromatic rings. The zero-order valence-corrected chi connectivity index (χ0v) is 10.5. The summed E-state index contributed by atoms with van der Waals surface area (Å²) in [5, 5.41) is 2.11. The number of hydrogen-bond donors (Lipinski definition) is 2. The van der Waals surface area contributed by atoms with Crippen molar-refractivity contribution in [2.75, 3.05) is 12.3 Å². The molecule has 8 heteroatoms. The highest BCUT2D eigenvalue weighted by atomic mass is 35.5. The lowest BCUT2D eigenvalue weighted by Gasteiger charge is -2.10. The van der Waals surface area contributed by atoms with E-state index in [1.165, 1.54) is 12.1 Å². The first-order chi connectivity index (χ1) is 8.20. The van der Waals surface area contributed by atoms with E-state index in [0.717, 1.165) is 0 Å². The summed E-state index contributed by atoms with van der Waals surface area (Å²) < 4.78 is 35.7. The third-order valence-electron chi connectivity index (χ3n) is 1.99. The van der Waals surface area contributed by atoms with Crippen LogP contribution in [0.5, 0.6) is 0 Å². The number of anilines is 1. The summed E-state index contributed by atoms with van der Waals surface area (Å²) in [4.78, 5) is 11.6. The number of nitrogens with two attached hydrogens (primary N) is 1. The maximum absolute atomic E-state index is 11.9. The van der Waals surface area contributed by atoms with Gasteiger partial charge in [0.2, 0.25) is 0 Å². The first kappa shape index (κ1) is 14.9. The molecule has 0 atom stereocenters. The van der Waals surface area contributed by atoms with Gasteiger partial charge in [-0.05, 0) is 12.1 Å². The highest BCUT2D eigenvalue weighted by Gasteiger charge is 2.26. The molecule has 0 aliphatic carbocycles. The van der Waals surface area contributed by atoms with Crippen molar-refractivity contribution in [3.8, 4) is 0 Å². The molecule has 0 aliphatic heterocycles. The zero-order chi connectivity index (χ0) is 13.9. The minimum Gasteiger partial charge on any atom is -0.399 e. The van der Waals surface area contributed by atoms with Crippen molar-refractivity contribution in [3.63, 3.8) is 0 Å². The SMILES string of the molecule is Nc1cc(Cl)c(Cl)c(C(=O)NCCC(F)(F)F)c1. The lowest BCUT2D eigenvalue weighted by molar-refractivity contribution is -0.132. The van der Waals surface area contributed by atoms with Gasteiger partial charge in [-0.25, -0.2) is 0 Å². The van der Waals surface area contributed by atoms with Gasteiger partial charge in [0.05, 0.1) is 22.0 Å². The maximum Gasteiger partial charge on any atom is 0.390 e. The molecule has 0 spiro atoms. The molecule has 18 heavy (non-hydrogen) atoms. The van der Waals surface area contributed by atoms with Crippen molar-refractivity contribution in [1.29, 1.82) is 0 Å². The van der Waals surface area contributed by atoms with Crippen molar-refractivity contribution in [1.82, 2.24) is 5.32 Å². The van der Waals surface area contributed by atoms with E-state index in [-0.39, 0.29) is 21.3 Å². The van der Waals surface area contributed by atoms with Crippen LogP contribution in [0.4, 0.5) is 18.9 Å². The normalized spacial score (nSPS) is 11.4. The van der Waals surface area contributed by atoms with E-state index >= 15 is 0 Å². The van der Waals surface area contributed by atoms with Gasteiger partial charge in [-0.15, -0.1) is 0 Å². The number of halogens is 5. The third kappa shape index (κ3) is 4.27. The molecule has 3 N–H and O–H groups in total. The number of benzene rings is 1. The number of alkyl halides is 3. The van der Waals surface area contributed by atoms with Crippen LogP contribution in [0.25, 0.3) is 0 Å². The first-order valence-corrected chi connectivity index (χ1v) is 5.56. The van der Waals surface area contributed by atoms with E-state index in [0.29, 0.717) is 0 Å². The van der Waals surface area contributed by atoms with Crippen LogP contribution in [0, 0.1) is 0 Å². The third-order valence-corrected chi connectivity index (χ3v) is 2.79. The summed E-state index contributed by atoms with van der Waals surface area (Å²) >= 11 is 11.5. The van der Waals surface area contributed by atoms with Crippen molar-refractivity contribution in [2.45, 2.75) is 12.6 Å². The quantitative estimate of drug-likeness (QED) is 0.842. The predicted octanol–water partition coefficient (Wildman–Crippen LogP) is 3.26. The van der Waals surface area contributed by atoms with Crippen LogP contribution in [0.15, 0.2) is 12.1 Å². The number of nitrogens with one attached hydrogen (secondary N) is 1. The van der Waals surface area contributed by atoms with Crippen molar-refractivity contribution < 1.29 is 18.0 Å². The van der Waals surface area contributed by atoms with Crippen LogP contribution in [0.2, 0.25) is 10.0 Å². The van der Waals surface area contributed by atoms with E-state index in [1.807, 2.05) is 0 Å². The Bertz CT molecular complexity index is 463. The smallest absolute Gasteiger partial charge is 0.390 e. The molecule has 0 aliphatic rings. The molecule has 0 saturated heterocycles.